The lowest BCUT2D eigenvalue weighted by molar-refractivity contribution is 0.362. The van der Waals surface area contributed by atoms with E-state index in [0.717, 1.165) is 30.8 Å². The number of aromatic nitrogens is 2. The van der Waals surface area contributed by atoms with Crippen LogP contribution in [0.3, 0.4) is 0 Å². The van der Waals surface area contributed by atoms with Crippen LogP contribution >= 0.6 is 0 Å². The van der Waals surface area contributed by atoms with Crippen LogP contribution in [0.15, 0.2) is 30.5 Å². The highest BCUT2D eigenvalue weighted by molar-refractivity contribution is 5.27. The highest BCUT2D eigenvalue weighted by Gasteiger charge is 2.11. The van der Waals surface area contributed by atoms with E-state index < -0.39 is 0 Å². The predicted molar refractivity (Wildman–Crippen MR) is 76.4 cm³/mol. The molecule has 0 bridgehead atoms. The van der Waals surface area contributed by atoms with E-state index in [1.807, 2.05) is 10.9 Å². The standard InChI is InChI=1S/C15H21N3O/c1-12-5-7-13(8-6-12)11-18-15(19-2)14(10-17-18)4-3-9-16/h5-8,10H,3-4,9,11,16H2,1-2H3. The maximum Gasteiger partial charge on any atom is 0.215 e. The van der Waals surface area contributed by atoms with Crippen LogP contribution in [0.5, 0.6) is 5.88 Å². The van der Waals surface area contributed by atoms with Crippen molar-refractivity contribution in [3.63, 3.8) is 0 Å². The Hall–Kier alpha value is -1.81. The fourth-order valence-electron chi connectivity index (χ4n) is 2.09. The first kappa shape index (κ1) is 13.6. The molecule has 2 aromatic rings. The predicted octanol–water partition coefficient (Wildman–Crippen LogP) is 2.14. The number of nitrogens with two attached hydrogens (primary N) is 1. The molecule has 0 aliphatic carbocycles. The lowest BCUT2D eigenvalue weighted by Gasteiger charge is -2.08. The Balaban J connectivity index is 2.15. The van der Waals surface area contributed by atoms with E-state index in [2.05, 4.69) is 36.3 Å². The number of methoxy groups -OCH3 is 1. The van der Waals surface area contributed by atoms with Crippen LogP contribution in [0.2, 0.25) is 0 Å². The zero-order valence-corrected chi connectivity index (χ0v) is 11.6. The summed E-state index contributed by atoms with van der Waals surface area (Å²) in [5.41, 5.74) is 9.15. The van der Waals surface area contributed by atoms with Crippen LogP contribution in [0.1, 0.15) is 23.1 Å². The zero-order chi connectivity index (χ0) is 13.7. The third-order valence-corrected chi connectivity index (χ3v) is 3.16. The van der Waals surface area contributed by atoms with Crippen LogP contribution in [0.4, 0.5) is 0 Å². The van der Waals surface area contributed by atoms with Crippen LogP contribution in [0, 0.1) is 6.92 Å². The van der Waals surface area contributed by atoms with Gasteiger partial charge in [-0.25, -0.2) is 4.68 Å². The molecule has 4 nitrogen and oxygen atoms in total. The van der Waals surface area contributed by atoms with Gasteiger partial charge < -0.3 is 10.5 Å². The highest BCUT2D eigenvalue weighted by atomic mass is 16.5. The monoisotopic (exact) mass is 259 g/mol. The van der Waals surface area contributed by atoms with Gasteiger partial charge in [-0.2, -0.15) is 5.10 Å². The molecule has 1 aromatic heterocycles. The first-order chi connectivity index (χ1) is 9.24. The van der Waals surface area contributed by atoms with Crippen molar-refractivity contribution in [1.29, 1.82) is 0 Å². The van der Waals surface area contributed by atoms with Crippen molar-refractivity contribution in [2.75, 3.05) is 13.7 Å². The molecule has 1 heterocycles. The fraction of sp³-hybridized carbons (Fsp3) is 0.400. The minimum Gasteiger partial charge on any atom is -0.481 e. The zero-order valence-electron chi connectivity index (χ0n) is 11.6. The van der Waals surface area contributed by atoms with Gasteiger partial charge in [0.25, 0.3) is 0 Å². The summed E-state index contributed by atoms with van der Waals surface area (Å²) in [7, 11) is 1.69. The van der Waals surface area contributed by atoms with Gasteiger partial charge in [0.2, 0.25) is 5.88 Å². The molecule has 1 aromatic carbocycles. The van der Waals surface area contributed by atoms with Crippen molar-refractivity contribution >= 4 is 0 Å². The van der Waals surface area contributed by atoms with Gasteiger partial charge in [0.15, 0.2) is 0 Å². The van der Waals surface area contributed by atoms with Gasteiger partial charge in [-0.05, 0) is 31.9 Å². The molecule has 0 spiro atoms. The number of aryl methyl sites for hydroxylation is 2. The second kappa shape index (κ2) is 6.38. The molecule has 2 rings (SSSR count). The highest BCUT2D eigenvalue weighted by Crippen LogP contribution is 2.20. The Kier molecular flexibility index (Phi) is 4.58. The topological polar surface area (TPSA) is 53.1 Å². The average Bonchev–Trinajstić information content (AvgIpc) is 2.81. The molecule has 2 N–H and O–H groups in total. The molecule has 0 saturated carbocycles. The Morgan fingerprint density at radius 2 is 2.00 bits per heavy atom. The van der Waals surface area contributed by atoms with E-state index in [-0.39, 0.29) is 0 Å². The largest absolute Gasteiger partial charge is 0.481 e. The molecule has 0 aliphatic heterocycles. The van der Waals surface area contributed by atoms with Crippen LogP contribution in [0.25, 0.3) is 0 Å². The molecule has 19 heavy (non-hydrogen) atoms. The molecule has 102 valence electrons. The molecule has 0 saturated heterocycles. The summed E-state index contributed by atoms with van der Waals surface area (Å²) in [4.78, 5) is 0. The van der Waals surface area contributed by atoms with Crippen molar-refractivity contribution in [3.8, 4) is 5.88 Å². The number of hydrogen-bond donors (Lipinski definition) is 1. The molecule has 0 radical (unpaired) electrons. The fourth-order valence-corrected chi connectivity index (χ4v) is 2.09. The Morgan fingerprint density at radius 3 is 2.63 bits per heavy atom. The average molecular weight is 259 g/mol. The first-order valence-corrected chi connectivity index (χ1v) is 6.59. The Labute approximate surface area is 114 Å². The van der Waals surface area contributed by atoms with Gasteiger partial charge in [0, 0.05) is 5.56 Å². The molecule has 0 atom stereocenters. The van der Waals surface area contributed by atoms with Gasteiger partial charge in [-0.3, -0.25) is 0 Å². The molecule has 0 fully saturated rings. The van der Waals surface area contributed by atoms with E-state index in [1.165, 1.54) is 11.1 Å². The molecule has 4 heteroatoms. The summed E-state index contributed by atoms with van der Waals surface area (Å²) < 4.78 is 7.37. The number of rotatable bonds is 6. The number of benzene rings is 1. The molecule has 0 amide bonds. The second-order valence-electron chi connectivity index (χ2n) is 4.71. The van der Waals surface area contributed by atoms with E-state index in [1.54, 1.807) is 7.11 Å². The van der Waals surface area contributed by atoms with Crippen molar-refractivity contribution in [2.24, 2.45) is 5.73 Å². The van der Waals surface area contributed by atoms with E-state index >= 15 is 0 Å². The SMILES string of the molecule is COc1c(CCCN)cnn1Cc1ccc(C)cc1. The molecular formula is C15H21N3O. The van der Waals surface area contributed by atoms with Crippen LogP contribution in [-0.2, 0) is 13.0 Å². The van der Waals surface area contributed by atoms with Gasteiger partial charge in [-0.15, -0.1) is 0 Å². The second-order valence-corrected chi connectivity index (χ2v) is 4.71. The van der Waals surface area contributed by atoms with Crippen LogP contribution < -0.4 is 10.5 Å². The molecule has 0 aliphatic rings. The summed E-state index contributed by atoms with van der Waals surface area (Å²) in [6, 6.07) is 8.47. The lowest BCUT2D eigenvalue weighted by Crippen LogP contribution is -2.05. The van der Waals surface area contributed by atoms with Crippen molar-refractivity contribution in [3.05, 3.63) is 47.2 Å². The first-order valence-electron chi connectivity index (χ1n) is 6.59. The van der Waals surface area contributed by atoms with Crippen LogP contribution in [-0.4, -0.2) is 23.4 Å². The van der Waals surface area contributed by atoms with Gasteiger partial charge >= 0.3 is 0 Å². The summed E-state index contributed by atoms with van der Waals surface area (Å²) in [6.45, 7) is 3.50. The van der Waals surface area contributed by atoms with E-state index in [9.17, 15) is 0 Å². The maximum atomic E-state index is 5.54. The number of hydrogen-bond acceptors (Lipinski definition) is 3. The third kappa shape index (κ3) is 3.35. The van der Waals surface area contributed by atoms with Crippen molar-refractivity contribution < 1.29 is 4.74 Å². The number of ether oxygens (including phenoxy) is 1. The van der Waals surface area contributed by atoms with Gasteiger partial charge in [0.05, 0.1) is 19.9 Å². The Bertz CT molecular complexity index is 517. The number of nitrogens with zero attached hydrogens (tertiary/aromatic N) is 2. The van der Waals surface area contributed by atoms with E-state index in [0.29, 0.717) is 6.54 Å². The molecular weight excluding hydrogens is 238 g/mol. The lowest BCUT2D eigenvalue weighted by atomic mass is 10.1. The van der Waals surface area contributed by atoms with Gasteiger partial charge in [-0.1, -0.05) is 29.8 Å². The quantitative estimate of drug-likeness (QED) is 0.864. The summed E-state index contributed by atoms with van der Waals surface area (Å²) in [5.74, 6) is 0.842. The summed E-state index contributed by atoms with van der Waals surface area (Å²) >= 11 is 0. The van der Waals surface area contributed by atoms with Crippen molar-refractivity contribution in [1.82, 2.24) is 9.78 Å². The Morgan fingerprint density at radius 1 is 1.26 bits per heavy atom. The molecule has 0 unspecified atom stereocenters. The smallest absolute Gasteiger partial charge is 0.215 e. The van der Waals surface area contributed by atoms with E-state index in [4.69, 9.17) is 10.5 Å². The minimum atomic E-state index is 0.687. The summed E-state index contributed by atoms with van der Waals surface area (Å²) in [5, 5.41) is 4.41. The normalized spacial score (nSPS) is 10.7. The maximum absolute atomic E-state index is 5.54. The van der Waals surface area contributed by atoms with Gasteiger partial charge in [0.1, 0.15) is 0 Å². The summed E-state index contributed by atoms with van der Waals surface area (Å²) in [6.07, 6.45) is 3.74. The van der Waals surface area contributed by atoms with Crippen molar-refractivity contribution in [2.45, 2.75) is 26.3 Å². The minimum absolute atomic E-state index is 0.687. The third-order valence-electron chi connectivity index (χ3n) is 3.16.